The second kappa shape index (κ2) is 7.97. The molecule has 0 spiro atoms. The zero-order valence-electron chi connectivity index (χ0n) is 15.8. The Kier molecular flexibility index (Phi) is 5.93. The minimum absolute atomic E-state index is 0.00897. The van der Waals surface area contributed by atoms with Crippen LogP contribution in [0.2, 0.25) is 5.02 Å². The lowest BCUT2D eigenvalue weighted by atomic mass is 10.1. The number of hydrogen-bond acceptors (Lipinski definition) is 5. The Bertz CT molecular complexity index is 1140. The molecule has 0 saturated heterocycles. The average molecular weight is 457 g/mol. The second-order valence-electron chi connectivity index (χ2n) is 7.14. The predicted molar refractivity (Wildman–Crippen MR) is 111 cm³/mol. The van der Waals surface area contributed by atoms with E-state index >= 15 is 0 Å². The molecular formula is C19H21ClN2O5S2. The van der Waals surface area contributed by atoms with E-state index in [0.717, 1.165) is 19.1 Å². The van der Waals surface area contributed by atoms with Gasteiger partial charge in [-0.05, 0) is 68.1 Å². The van der Waals surface area contributed by atoms with E-state index < -0.39 is 25.8 Å². The molecule has 0 heterocycles. The van der Waals surface area contributed by atoms with E-state index in [-0.39, 0.29) is 32.1 Å². The zero-order chi connectivity index (χ0) is 21.4. The molecule has 1 fully saturated rings. The third-order valence-electron chi connectivity index (χ3n) is 4.72. The van der Waals surface area contributed by atoms with Crippen LogP contribution in [-0.4, -0.2) is 35.0 Å². The van der Waals surface area contributed by atoms with Crippen molar-refractivity contribution in [3.63, 3.8) is 0 Å². The van der Waals surface area contributed by atoms with Crippen LogP contribution in [0.15, 0.2) is 52.3 Å². The van der Waals surface area contributed by atoms with Gasteiger partial charge in [0.25, 0.3) is 15.9 Å². The van der Waals surface area contributed by atoms with Crippen molar-refractivity contribution in [1.82, 2.24) is 5.32 Å². The SMILES string of the molecule is C[C@H](NC(=O)c1cc(S(=O)(=O)Nc2ccc(S(C)(=O)=O)cc2)ccc1Cl)C1CC1. The highest BCUT2D eigenvalue weighted by molar-refractivity contribution is 7.92. The van der Waals surface area contributed by atoms with E-state index in [2.05, 4.69) is 10.0 Å². The van der Waals surface area contributed by atoms with Gasteiger partial charge in [0.1, 0.15) is 0 Å². The number of anilines is 1. The summed E-state index contributed by atoms with van der Waals surface area (Å²) in [5.41, 5.74) is 0.273. The van der Waals surface area contributed by atoms with Crippen molar-refractivity contribution in [3.8, 4) is 0 Å². The Labute approximate surface area is 175 Å². The van der Waals surface area contributed by atoms with Crippen LogP contribution in [0.3, 0.4) is 0 Å². The first-order chi connectivity index (χ1) is 13.5. The minimum atomic E-state index is -4.00. The van der Waals surface area contributed by atoms with Crippen LogP contribution in [0, 0.1) is 5.92 Å². The molecule has 10 heteroatoms. The maximum absolute atomic E-state index is 12.7. The number of benzene rings is 2. The van der Waals surface area contributed by atoms with E-state index in [9.17, 15) is 21.6 Å². The van der Waals surface area contributed by atoms with Gasteiger partial charge in [-0.2, -0.15) is 0 Å². The fraction of sp³-hybridized carbons (Fsp3) is 0.316. The van der Waals surface area contributed by atoms with E-state index in [1.54, 1.807) is 0 Å². The van der Waals surface area contributed by atoms with Gasteiger partial charge >= 0.3 is 0 Å². The molecule has 1 saturated carbocycles. The summed E-state index contributed by atoms with van der Waals surface area (Å²) in [4.78, 5) is 12.5. The van der Waals surface area contributed by atoms with Crippen LogP contribution < -0.4 is 10.0 Å². The number of halogens is 1. The van der Waals surface area contributed by atoms with Crippen molar-refractivity contribution in [3.05, 3.63) is 53.1 Å². The van der Waals surface area contributed by atoms with Crippen LogP contribution in [0.1, 0.15) is 30.1 Å². The second-order valence-corrected chi connectivity index (χ2v) is 11.2. The molecule has 2 N–H and O–H groups in total. The highest BCUT2D eigenvalue weighted by Gasteiger charge is 2.29. The van der Waals surface area contributed by atoms with E-state index in [0.29, 0.717) is 5.92 Å². The average Bonchev–Trinajstić information content (AvgIpc) is 3.46. The predicted octanol–water partition coefficient (Wildman–Crippen LogP) is 3.07. The van der Waals surface area contributed by atoms with Gasteiger partial charge in [-0.1, -0.05) is 11.6 Å². The summed E-state index contributed by atoms with van der Waals surface area (Å²) >= 11 is 6.11. The van der Waals surface area contributed by atoms with Crippen molar-refractivity contribution in [2.24, 2.45) is 5.92 Å². The van der Waals surface area contributed by atoms with Gasteiger partial charge in [0.2, 0.25) is 0 Å². The highest BCUT2D eigenvalue weighted by atomic mass is 35.5. The lowest BCUT2D eigenvalue weighted by molar-refractivity contribution is 0.0935. The van der Waals surface area contributed by atoms with Crippen LogP contribution in [0.5, 0.6) is 0 Å². The quantitative estimate of drug-likeness (QED) is 0.665. The lowest BCUT2D eigenvalue weighted by Crippen LogP contribution is -2.34. The fourth-order valence-electron chi connectivity index (χ4n) is 2.83. The Hall–Kier alpha value is -2.10. The van der Waals surface area contributed by atoms with Gasteiger partial charge in [-0.25, -0.2) is 16.8 Å². The molecule has 2 aromatic carbocycles. The standard InChI is InChI=1S/C19H21ClN2O5S2/c1-12(13-3-4-13)21-19(23)17-11-16(9-10-18(17)20)29(26,27)22-14-5-7-15(8-6-14)28(2,24)25/h5-13,22H,3-4H2,1-2H3,(H,21,23)/t12-/m0/s1. The number of hydrogen-bond donors (Lipinski definition) is 2. The molecule has 1 atom stereocenters. The minimum Gasteiger partial charge on any atom is -0.349 e. The van der Waals surface area contributed by atoms with Gasteiger partial charge in [-0.3, -0.25) is 9.52 Å². The molecule has 0 aliphatic heterocycles. The molecule has 0 radical (unpaired) electrons. The first-order valence-electron chi connectivity index (χ1n) is 8.91. The van der Waals surface area contributed by atoms with Crippen LogP contribution in [0.4, 0.5) is 5.69 Å². The van der Waals surface area contributed by atoms with E-state index in [4.69, 9.17) is 11.6 Å². The number of rotatable bonds is 7. The summed E-state index contributed by atoms with van der Waals surface area (Å²) in [6, 6.07) is 9.22. The highest BCUT2D eigenvalue weighted by Crippen LogP contribution is 2.32. The van der Waals surface area contributed by atoms with Gasteiger partial charge in [0.05, 0.1) is 20.4 Å². The lowest BCUT2D eigenvalue weighted by Gasteiger charge is -2.15. The van der Waals surface area contributed by atoms with Crippen molar-refractivity contribution < 1.29 is 21.6 Å². The Morgan fingerprint density at radius 2 is 1.62 bits per heavy atom. The van der Waals surface area contributed by atoms with Crippen molar-refractivity contribution in [1.29, 1.82) is 0 Å². The maximum atomic E-state index is 12.7. The molecule has 0 unspecified atom stereocenters. The van der Waals surface area contributed by atoms with Crippen molar-refractivity contribution in [2.45, 2.75) is 35.6 Å². The summed E-state index contributed by atoms with van der Waals surface area (Å²) in [5, 5.41) is 3.01. The molecule has 1 aliphatic carbocycles. The van der Waals surface area contributed by atoms with Crippen LogP contribution in [0.25, 0.3) is 0 Å². The van der Waals surface area contributed by atoms with E-state index in [1.807, 2.05) is 6.92 Å². The first-order valence-corrected chi connectivity index (χ1v) is 12.7. The molecule has 0 aromatic heterocycles. The van der Waals surface area contributed by atoms with Gasteiger partial charge in [0.15, 0.2) is 9.84 Å². The molecule has 1 amide bonds. The molecule has 1 aliphatic rings. The summed E-state index contributed by atoms with van der Waals surface area (Å²) in [5.74, 6) is 0.0187. The molecule has 2 aromatic rings. The normalized spacial score (nSPS) is 15.6. The smallest absolute Gasteiger partial charge is 0.261 e. The third kappa shape index (κ3) is 5.29. The fourth-order valence-corrected chi connectivity index (χ4v) is 4.75. The number of nitrogens with one attached hydrogen (secondary N) is 2. The molecule has 0 bridgehead atoms. The summed E-state index contributed by atoms with van der Waals surface area (Å²) in [6.07, 6.45) is 3.19. The first kappa shape index (κ1) is 21.6. The zero-order valence-corrected chi connectivity index (χ0v) is 18.2. The molecular weight excluding hydrogens is 436 g/mol. The monoisotopic (exact) mass is 456 g/mol. The Morgan fingerprint density at radius 1 is 1.03 bits per heavy atom. The topological polar surface area (TPSA) is 109 Å². The summed E-state index contributed by atoms with van der Waals surface area (Å²) in [7, 11) is -7.39. The van der Waals surface area contributed by atoms with Gasteiger partial charge in [0, 0.05) is 18.0 Å². The maximum Gasteiger partial charge on any atom is 0.261 e. The van der Waals surface area contributed by atoms with Crippen molar-refractivity contribution >= 4 is 43.1 Å². The molecule has 3 rings (SSSR count). The number of carbonyl (C=O) groups excluding carboxylic acids is 1. The number of amides is 1. The number of sulfone groups is 1. The van der Waals surface area contributed by atoms with Crippen LogP contribution in [-0.2, 0) is 19.9 Å². The molecule has 29 heavy (non-hydrogen) atoms. The Balaban J connectivity index is 1.82. The van der Waals surface area contributed by atoms with E-state index in [1.165, 1.54) is 42.5 Å². The molecule has 7 nitrogen and oxygen atoms in total. The largest absolute Gasteiger partial charge is 0.349 e. The van der Waals surface area contributed by atoms with Crippen molar-refractivity contribution in [2.75, 3.05) is 11.0 Å². The summed E-state index contributed by atoms with van der Waals surface area (Å²) < 4.78 is 50.8. The number of sulfonamides is 1. The molecule has 156 valence electrons. The summed E-state index contributed by atoms with van der Waals surface area (Å²) in [6.45, 7) is 1.91. The third-order valence-corrected chi connectivity index (χ3v) is 7.55. The van der Waals surface area contributed by atoms with Crippen LogP contribution >= 0.6 is 11.6 Å². The van der Waals surface area contributed by atoms with Gasteiger partial charge in [-0.15, -0.1) is 0 Å². The number of carbonyl (C=O) groups is 1. The Morgan fingerprint density at radius 3 is 2.17 bits per heavy atom. The van der Waals surface area contributed by atoms with Gasteiger partial charge < -0.3 is 5.32 Å².